The third-order valence-electron chi connectivity index (χ3n) is 2.91. The van der Waals surface area contributed by atoms with Crippen molar-refractivity contribution < 1.29 is 0 Å². The Morgan fingerprint density at radius 1 is 1.53 bits per heavy atom. The predicted molar refractivity (Wildman–Crippen MR) is 61.3 cm³/mol. The van der Waals surface area contributed by atoms with Crippen LogP contribution in [-0.2, 0) is 0 Å². The Labute approximate surface area is 95.0 Å². The van der Waals surface area contributed by atoms with Crippen LogP contribution in [0.25, 0.3) is 0 Å². The summed E-state index contributed by atoms with van der Waals surface area (Å²) in [5, 5.41) is 0.525. The zero-order chi connectivity index (χ0) is 10.7. The fraction of sp³-hybridized carbons (Fsp3) is 0.545. The van der Waals surface area contributed by atoms with Gasteiger partial charge in [-0.2, -0.15) is 0 Å². The minimum atomic E-state index is 0.204. The van der Waals surface area contributed by atoms with Crippen molar-refractivity contribution in [2.45, 2.75) is 31.7 Å². The van der Waals surface area contributed by atoms with Crippen LogP contribution in [0.5, 0.6) is 0 Å². The minimum absolute atomic E-state index is 0.204. The minimum Gasteiger partial charge on any atom is -0.271 e. The lowest BCUT2D eigenvalue weighted by molar-refractivity contribution is 0.481. The molecule has 1 aliphatic carbocycles. The molecule has 1 aromatic rings. The van der Waals surface area contributed by atoms with Gasteiger partial charge in [0.25, 0.3) is 0 Å². The summed E-state index contributed by atoms with van der Waals surface area (Å²) in [6.45, 7) is 0. The van der Waals surface area contributed by atoms with E-state index in [-0.39, 0.29) is 6.04 Å². The van der Waals surface area contributed by atoms with E-state index in [1.807, 2.05) is 6.07 Å². The Morgan fingerprint density at radius 3 is 2.87 bits per heavy atom. The highest BCUT2D eigenvalue weighted by atomic mass is 35.5. The molecule has 0 aromatic carbocycles. The number of hydrazine groups is 1. The highest BCUT2D eigenvalue weighted by molar-refractivity contribution is 6.29. The highest BCUT2D eigenvalue weighted by Gasteiger charge is 2.22. The van der Waals surface area contributed by atoms with Crippen LogP contribution in [0.1, 0.15) is 37.3 Å². The van der Waals surface area contributed by atoms with Gasteiger partial charge in [-0.3, -0.25) is 11.3 Å². The van der Waals surface area contributed by atoms with Crippen LogP contribution >= 0.6 is 11.6 Å². The van der Waals surface area contributed by atoms with Crippen molar-refractivity contribution in [2.24, 2.45) is 11.8 Å². The van der Waals surface area contributed by atoms with Crippen molar-refractivity contribution in [3.63, 3.8) is 0 Å². The van der Waals surface area contributed by atoms with Gasteiger partial charge in [0.05, 0.1) is 0 Å². The van der Waals surface area contributed by atoms with Crippen molar-refractivity contribution in [1.29, 1.82) is 0 Å². The molecule has 1 fully saturated rings. The Hall–Kier alpha value is -0.640. The molecule has 0 bridgehead atoms. The molecule has 0 aliphatic heterocycles. The maximum absolute atomic E-state index is 5.73. The molecule has 2 rings (SSSR count). The van der Waals surface area contributed by atoms with Gasteiger partial charge in [0.15, 0.2) is 0 Å². The number of hydrogen-bond acceptors (Lipinski definition) is 3. The molecule has 0 radical (unpaired) electrons. The molecule has 82 valence electrons. The number of nitrogens with two attached hydrogens (primary N) is 1. The first-order valence-electron chi connectivity index (χ1n) is 5.37. The maximum Gasteiger partial charge on any atom is 0.129 e. The normalized spacial score (nSPS) is 17.7. The lowest BCUT2D eigenvalue weighted by Gasteiger charge is -2.15. The molecule has 1 saturated carbocycles. The lowest BCUT2D eigenvalue weighted by Crippen LogP contribution is -2.28. The molecule has 3 N–H and O–H groups in total. The van der Waals surface area contributed by atoms with Crippen molar-refractivity contribution in [3.05, 3.63) is 29.0 Å². The van der Waals surface area contributed by atoms with E-state index >= 15 is 0 Å². The average Bonchev–Trinajstić information content (AvgIpc) is 3.05. The second-order valence-electron chi connectivity index (χ2n) is 4.15. The number of nitrogens with one attached hydrogen (secondary N) is 1. The molecule has 1 heterocycles. The third kappa shape index (κ3) is 3.16. The molecule has 3 nitrogen and oxygen atoms in total. The molecule has 0 saturated heterocycles. The van der Waals surface area contributed by atoms with Gasteiger partial charge >= 0.3 is 0 Å². The number of halogens is 1. The molecule has 1 unspecified atom stereocenters. The zero-order valence-electron chi connectivity index (χ0n) is 8.62. The Kier molecular flexibility index (Phi) is 3.57. The predicted octanol–water partition coefficient (Wildman–Crippen LogP) is 2.43. The van der Waals surface area contributed by atoms with Crippen LogP contribution < -0.4 is 11.3 Å². The molecule has 1 atom stereocenters. The summed E-state index contributed by atoms with van der Waals surface area (Å²) in [4.78, 5) is 4.06. The van der Waals surface area contributed by atoms with Gasteiger partial charge < -0.3 is 0 Å². The van der Waals surface area contributed by atoms with E-state index < -0.39 is 0 Å². The SMILES string of the molecule is NNC(CCC1CC1)c1ccc(Cl)nc1. The van der Waals surface area contributed by atoms with Crippen LogP contribution in [0, 0.1) is 5.92 Å². The monoisotopic (exact) mass is 225 g/mol. The second kappa shape index (κ2) is 4.92. The van der Waals surface area contributed by atoms with Gasteiger partial charge in [-0.1, -0.05) is 30.5 Å². The Morgan fingerprint density at radius 2 is 2.33 bits per heavy atom. The van der Waals surface area contributed by atoms with E-state index in [9.17, 15) is 0 Å². The van der Waals surface area contributed by atoms with E-state index in [0.717, 1.165) is 17.9 Å². The van der Waals surface area contributed by atoms with Gasteiger partial charge in [0.1, 0.15) is 5.15 Å². The first-order chi connectivity index (χ1) is 7.29. The van der Waals surface area contributed by atoms with Crippen LogP contribution in [0.2, 0.25) is 5.15 Å². The molecule has 1 aliphatic rings. The molecule has 0 amide bonds. The van der Waals surface area contributed by atoms with Crippen LogP contribution in [0.4, 0.5) is 0 Å². The average molecular weight is 226 g/mol. The summed E-state index contributed by atoms with van der Waals surface area (Å²) < 4.78 is 0. The van der Waals surface area contributed by atoms with Gasteiger partial charge in [-0.25, -0.2) is 4.98 Å². The summed E-state index contributed by atoms with van der Waals surface area (Å²) in [7, 11) is 0. The number of hydrogen-bond donors (Lipinski definition) is 2. The quantitative estimate of drug-likeness (QED) is 0.460. The summed E-state index contributed by atoms with van der Waals surface area (Å²) in [6.07, 6.45) is 6.88. The highest BCUT2D eigenvalue weighted by Crippen LogP contribution is 2.35. The number of pyridine rings is 1. The van der Waals surface area contributed by atoms with Crippen LogP contribution in [0.15, 0.2) is 18.3 Å². The lowest BCUT2D eigenvalue weighted by atomic mass is 10.0. The number of rotatable bonds is 5. The van der Waals surface area contributed by atoms with E-state index in [4.69, 9.17) is 17.4 Å². The molecule has 0 spiro atoms. The van der Waals surface area contributed by atoms with Gasteiger partial charge in [0.2, 0.25) is 0 Å². The second-order valence-corrected chi connectivity index (χ2v) is 4.54. The Balaban J connectivity index is 1.94. The summed E-state index contributed by atoms with van der Waals surface area (Å²) in [6, 6.07) is 3.99. The largest absolute Gasteiger partial charge is 0.271 e. The topological polar surface area (TPSA) is 50.9 Å². The molecule has 4 heteroatoms. The fourth-order valence-electron chi connectivity index (χ4n) is 1.75. The van der Waals surface area contributed by atoms with Crippen LogP contribution in [-0.4, -0.2) is 4.98 Å². The maximum atomic E-state index is 5.73. The fourth-order valence-corrected chi connectivity index (χ4v) is 1.86. The summed E-state index contributed by atoms with van der Waals surface area (Å²) in [5.41, 5.74) is 3.95. The molecular weight excluding hydrogens is 210 g/mol. The summed E-state index contributed by atoms with van der Waals surface area (Å²) >= 11 is 5.73. The smallest absolute Gasteiger partial charge is 0.129 e. The van der Waals surface area contributed by atoms with E-state index in [1.54, 1.807) is 12.3 Å². The van der Waals surface area contributed by atoms with Gasteiger partial charge in [-0.05, 0) is 30.4 Å². The standard InChI is InChI=1S/C11H16ClN3/c12-11-6-4-9(7-14-11)10(15-13)5-3-8-1-2-8/h4,6-8,10,15H,1-3,5,13H2. The Bertz CT molecular complexity index is 308. The van der Waals surface area contributed by atoms with Crippen LogP contribution in [0.3, 0.4) is 0 Å². The molecule has 15 heavy (non-hydrogen) atoms. The van der Waals surface area contributed by atoms with Crippen molar-refractivity contribution in [3.8, 4) is 0 Å². The van der Waals surface area contributed by atoms with E-state index in [2.05, 4.69) is 10.4 Å². The third-order valence-corrected chi connectivity index (χ3v) is 3.14. The number of aromatic nitrogens is 1. The van der Waals surface area contributed by atoms with Gasteiger partial charge in [0, 0.05) is 12.2 Å². The first kappa shape index (κ1) is 10.9. The van der Waals surface area contributed by atoms with Crippen molar-refractivity contribution >= 4 is 11.6 Å². The molecule has 1 aromatic heterocycles. The number of nitrogens with zero attached hydrogens (tertiary/aromatic N) is 1. The first-order valence-corrected chi connectivity index (χ1v) is 5.75. The molecular formula is C11H16ClN3. The van der Waals surface area contributed by atoms with Crippen molar-refractivity contribution in [2.75, 3.05) is 0 Å². The van der Waals surface area contributed by atoms with E-state index in [1.165, 1.54) is 19.3 Å². The van der Waals surface area contributed by atoms with E-state index in [0.29, 0.717) is 5.15 Å². The summed E-state index contributed by atoms with van der Waals surface area (Å²) in [5.74, 6) is 6.47. The zero-order valence-corrected chi connectivity index (χ0v) is 9.37. The van der Waals surface area contributed by atoms with Crippen molar-refractivity contribution in [1.82, 2.24) is 10.4 Å². The van der Waals surface area contributed by atoms with Gasteiger partial charge in [-0.15, -0.1) is 0 Å².